The Morgan fingerprint density at radius 2 is 1.73 bits per heavy atom. The van der Waals surface area contributed by atoms with Gasteiger partial charge >= 0.3 is 0 Å². The molecule has 1 amide bonds. The van der Waals surface area contributed by atoms with E-state index in [4.69, 9.17) is 0 Å². The average Bonchev–Trinajstić information content (AvgIpc) is 2.62. The number of nitrogens with one attached hydrogen (secondary N) is 1. The van der Waals surface area contributed by atoms with E-state index >= 15 is 0 Å². The lowest BCUT2D eigenvalue weighted by molar-refractivity contribution is -0.116. The molecule has 0 saturated carbocycles. The van der Waals surface area contributed by atoms with Crippen molar-refractivity contribution in [1.82, 2.24) is 8.87 Å². The van der Waals surface area contributed by atoms with E-state index in [1.54, 1.807) is 26.0 Å². The second-order valence-corrected chi connectivity index (χ2v) is 7.59. The van der Waals surface area contributed by atoms with Crippen LogP contribution in [0.15, 0.2) is 58.4 Å². The number of carbonyl (C=O) groups excluding carboxylic acids is 1. The second-order valence-electron chi connectivity index (χ2n) is 5.65. The van der Waals surface area contributed by atoms with Crippen LogP contribution in [0.5, 0.6) is 0 Å². The third-order valence-electron chi connectivity index (χ3n) is 3.94. The van der Waals surface area contributed by atoms with Crippen molar-refractivity contribution in [3.8, 4) is 0 Å². The summed E-state index contributed by atoms with van der Waals surface area (Å²) in [6.45, 7) is 4.30. The summed E-state index contributed by atoms with van der Waals surface area (Å²) in [6.07, 6.45) is 1.36. The molecule has 0 bridgehead atoms. The Bertz CT molecular complexity index is 904. The number of benzene rings is 1. The van der Waals surface area contributed by atoms with Gasteiger partial charge in [0.25, 0.3) is 5.56 Å². The van der Waals surface area contributed by atoms with Gasteiger partial charge in [0.15, 0.2) is 0 Å². The van der Waals surface area contributed by atoms with E-state index in [1.165, 1.54) is 27.2 Å². The average molecular weight is 377 g/mol. The highest BCUT2D eigenvalue weighted by atomic mass is 32.2. The normalized spacial score (nSPS) is 11.5. The molecule has 7 nitrogen and oxygen atoms in total. The Hall–Kier alpha value is -2.45. The van der Waals surface area contributed by atoms with E-state index in [-0.39, 0.29) is 29.3 Å². The minimum atomic E-state index is -3.65. The fourth-order valence-corrected chi connectivity index (χ4v) is 3.99. The molecule has 0 aliphatic carbocycles. The Labute approximate surface area is 153 Å². The molecule has 0 atom stereocenters. The van der Waals surface area contributed by atoms with Gasteiger partial charge in [-0.25, -0.2) is 8.42 Å². The van der Waals surface area contributed by atoms with Gasteiger partial charge in [-0.2, -0.15) is 4.31 Å². The molecule has 1 aromatic carbocycles. The maximum Gasteiger partial charge on any atom is 0.250 e. The largest absolute Gasteiger partial charge is 0.326 e. The van der Waals surface area contributed by atoms with Gasteiger partial charge in [0.1, 0.15) is 0 Å². The molecule has 0 radical (unpaired) electrons. The highest BCUT2D eigenvalue weighted by Crippen LogP contribution is 2.14. The highest BCUT2D eigenvalue weighted by molar-refractivity contribution is 7.89. The molecule has 8 heteroatoms. The van der Waals surface area contributed by atoms with Crippen LogP contribution >= 0.6 is 0 Å². The fraction of sp³-hybridized carbons (Fsp3) is 0.333. The number of nitrogens with zero attached hydrogens (tertiary/aromatic N) is 2. The molecule has 0 fully saturated rings. The summed E-state index contributed by atoms with van der Waals surface area (Å²) < 4.78 is 27.7. The Morgan fingerprint density at radius 1 is 1.08 bits per heavy atom. The van der Waals surface area contributed by atoms with Crippen LogP contribution in [-0.4, -0.2) is 36.3 Å². The molecule has 2 aromatic rings. The zero-order valence-electron chi connectivity index (χ0n) is 14.9. The number of hydrogen-bond donors (Lipinski definition) is 1. The summed E-state index contributed by atoms with van der Waals surface area (Å²) in [5, 5.41) is 2.73. The standard InChI is InChI=1S/C18H23N3O4S/c1-3-21(4-2)26(24,25)16-10-11-18(23)20(14-16)13-12-17(22)19-15-8-6-5-7-9-15/h5-11,14H,3-4,12-13H2,1-2H3,(H,19,22). The zero-order valence-corrected chi connectivity index (χ0v) is 15.7. The molecular weight excluding hydrogens is 354 g/mol. The monoisotopic (exact) mass is 377 g/mol. The lowest BCUT2D eigenvalue weighted by Gasteiger charge is -2.19. The molecule has 0 spiro atoms. The number of aromatic nitrogens is 1. The molecule has 0 aliphatic heterocycles. The number of aryl methyl sites for hydroxylation is 1. The predicted octanol–water partition coefficient (Wildman–Crippen LogP) is 1.91. The number of para-hydroxylation sites is 1. The first kappa shape index (κ1) is 19.9. The van der Waals surface area contributed by atoms with Crippen molar-refractivity contribution < 1.29 is 13.2 Å². The quantitative estimate of drug-likeness (QED) is 0.761. The number of rotatable bonds is 8. The van der Waals surface area contributed by atoms with Crippen molar-refractivity contribution in [3.05, 3.63) is 59.0 Å². The van der Waals surface area contributed by atoms with Crippen molar-refractivity contribution in [1.29, 1.82) is 0 Å². The summed E-state index contributed by atoms with van der Waals surface area (Å²) in [6, 6.07) is 11.5. The fourth-order valence-electron chi connectivity index (χ4n) is 2.52. The van der Waals surface area contributed by atoms with E-state index in [2.05, 4.69) is 5.32 Å². The highest BCUT2D eigenvalue weighted by Gasteiger charge is 2.22. The SMILES string of the molecule is CCN(CC)S(=O)(=O)c1ccc(=O)n(CCC(=O)Nc2ccccc2)c1. The van der Waals surface area contributed by atoms with Gasteiger partial charge in [0, 0.05) is 44.0 Å². The molecule has 1 aromatic heterocycles. The Morgan fingerprint density at radius 3 is 2.35 bits per heavy atom. The van der Waals surface area contributed by atoms with Gasteiger partial charge in [-0.1, -0.05) is 32.0 Å². The van der Waals surface area contributed by atoms with Crippen LogP contribution in [0.1, 0.15) is 20.3 Å². The number of anilines is 1. The summed E-state index contributed by atoms with van der Waals surface area (Å²) >= 11 is 0. The third kappa shape index (κ3) is 4.80. The summed E-state index contributed by atoms with van der Waals surface area (Å²) in [5.41, 5.74) is 0.318. The molecular formula is C18H23N3O4S. The van der Waals surface area contributed by atoms with Crippen LogP contribution in [0, 0.1) is 0 Å². The minimum Gasteiger partial charge on any atom is -0.326 e. The van der Waals surface area contributed by atoms with Gasteiger partial charge in [-0.15, -0.1) is 0 Å². The molecule has 1 N–H and O–H groups in total. The summed E-state index contributed by atoms with van der Waals surface area (Å²) in [4.78, 5) is 24.1. The first-order valence-corrected chi connectivity index (χ1v) is 9.88. The van der Waals surface area contributed by atoms with Crippen LogP contribution in [0.25, 0.3) is 0 Å². The van der Waals surface area contributed by atoms with Gasteiger partial charge in [0.2, 0.25) is 15.9 Å². The van der Waals surface area contributed by atoms with Crippen LogP contribution in [-0.2, 0) is 21.4 Å². The third-order valence-corrected chi connectivity index (χ3v) is 5.97. The Balaban J connectivity index is 2.13. The predicted molar refractivity (Wildman–Crippen MR) is 100 cm³/mol. The number of hydrogen-bond acceptors (Lipinski definition) is 4. The first-order chi connectivity index (χ1) is 12.4. The number of carbonyl (C=O) groups is 1. The first-order valence-electron chi connectivity index (χ1n) is 8.44. The topological polar surface area (TPSA) is 88.5 Å². The molecule has 0 aliphatic rings. The van der Waals surface area contributed by atoms with E-state index < -0.39 is 10.0 Å². The zero-order chi connectivity index (χ0) is 19.2. The van der Waals surface area contributed by atoms with Crippen molar-refractivity contribution in [3.63, 3.8) is 0 Å². The second kappa shape index (κ2) is 8.77. The lowest BCUT2D eigenvalue weighted by atomic mass is 10.3. The van der Waals surface area contributed by atoms with E-state index in [0.29, 0.717) is 18.8 Å². The van der Waals surface area contributed by atoms with Crippen molar-refractivity contribution in [2.75, 3.05) is 18.4 Å². The van der Waals surface area contributed by atoms with E-state index in [1.807, 2.05) is 18.2 Å². The van der Waals surface area contributed by atoms with Gasteiger partial charge < -0.3 is 9.88 Å². The molecule has 26 heavy (non-hydrogen) atoms. The number of pyridine rings is 1. The maximum atomic E-state index is 12.6. The van der Waals surface area contributed by atoms with Crippen molar-refractivity contribution in [2.45, 2.75) is 31.7 Å². The van der Waals surface area contributed by atoms with Crippen LogP contribution in [0.4, 0.5) is 5.69 Å². The smallest absolute Gasteiger partial charge is 0.250 e. The van der Waals surface area contributed by atoms with E-state index in [0.717, 1.165) is 0 Å². The van der Waals surface area contributed by atoms with Gasteiger partial charge in [-0.05, 0) is 18.2 Å². The summed E-state index contributed by atoms with van der Waals surface area (Å²) in [7, 11) is -3.65. The lowest BCUT2D eigenvalue weighted by Crippen LogP contribution is -2.32. The van der Waals surface area contributed by atoms with Crippen LogP contribution in [0.2, 0.25) is 0 Å². The van der Waals surface area contributed by atoms with E-state index in [9.17, 15) is 18.0 Å². The maximum absolute atomic E-state index is 12.6. The van der Waals surface area contributed by atoms with Crippen LogP contribution in [0.3, 0.4) is 0 Å². The molecule has 0 unspecified atom stereocenters. The minimum absolute atomic E-state index is 0.0456. The summed E-state index contributed by atoms with van der Waals surface area (Å²) in [5.74, 6) is -0.250. The van der Waals surface area contributed by atoms with Gasteiger partial charge in [0.05, 0.1) is 4.90 Å². The molecule has 140 valence electrons. The van der Waals surface area contributed by atoms with Crippen molar-refractivity contribution in [2.24, 2.45) is 0 Å². The van der Waals surface area contributed by atoms with Crippen molar-refractivity contribution >= 4 is 21.6 Å². The number of amides is 1. The molecule has 1 heterocycles. The molecule has 2 rings (SSSR count). The molecule has 0 saturated heterocycles. The Kier molecular flexibility index (Phi) is 6.70. The number of sulfonamides is 1. The van der Waals surface area contributed by atoms with Crippen LogP contribution < -0.4 is 10.9 Å². The van der Waals surface area contributed by atoms with Gasteiger partial charge in [-0.3, -0.25) is 9.59 Å².